The number of carbonyl (C=O) groups is 1. The Hall–Kier alpha value is -0.690. The highest BCUT2D eigenvalue weighted by Gasteiger charge is 2.71. The quantitative estimate of drug-likeness (QED) is 0.533. The lowest BCUT2D eigenvalue weighted by Gasteiger charge is -2.63. The molecule has 0 aromatic rings. The first-order valence-corrected chi connectivity index (χ1v) is 14.4. The molecule has 35 heavy (non-hydrogen) atoms. The van der Waals surface area contributed by atoms with E-state index in [-0.39, 0.29) is 40.8 Å². The van der Waals surface area contributed by atoms with Crippen molar-refractivity contribution in [3.63, 3.8) is 0 Å². The van der Waals surface area contributed by atoms with Crippen molar-refractivity contribution in [1.29, 1.82) is 0 Å². The summed E-state index contributed by atoms with van der Waals surface area (Å²) in [5, 5.41) is 23.1. The van der Waals surface area contributed by atoms with Crippen LogP contribution in [0.4, 0.5) is 0 Å². The summed E-state index contributed by atoms with van der Waals surface area (Å²) in [6.07, 6.45) is 6.35. The molecule has 6 aliphatic rings. The van der Waals surface area contributed by atoms with Crippen LogP contribution in [0.15, 0.2) is 0 Å². The lowest BCUT2D eigenvalue weighted by molar-refractivity contribution is -0.275. The van der Waals surface area contributed by atoms with Gasteiger partial charge in [0.05, 0.1) is 24.9 Å². The SMILES string of the molecule is CC(=O)O[C@H]1CC[C@@]2(C)[C@H](C1)[C@@H](O)[C@H](O)C1[C@@H]2CC[C@]2(C)[C@@H]3[C@H](C[C@@H]12)O[C@]1(CCC(C)CO1)[C@H]3C. The number of aliphatic hydroxyl groups excluding tert-OH is 2. The Balaban J connectivity index is 1.27. The second-order valence-electron chi connectivity index (χ2n) is 13.9. The van der Waals surface area contributed by atoms with E-state index in [2.05, 4.69) is 27.7 Å². The monoisotopic (exact) mass is 490 g/mol. The highest BCUT2D eigenvalue weighted by atomic mass is 16.7. The van der Waals surface area contributed by atoms with E-state index < -0.39 is 18.0 Å². The van der Waals surface area contributed by atoms with Crippen LogP contribution in [-0.2, 0) is 19.0 Å². The predicted octanol–water partition coefficient (Wildman–Crippen LogP) is 4.31. The van der Waals surface area contributed by atoms with E-state index in [4.69, 9.17) is 14.2 Å². The van der Waals surface area contributed by atoms with Crippen LogP contribution < -0.4 is 0 Å². The molecule has 4 aliphatic carbocycles. The van der Waals surface area contributed by atoms with Gasteiger partial charge in [0.2, 0.25) is 0 Å². The molecule has 1 spiro atoms. The summed E-state index contributed by atoms with van der Waals surface area (Å²) in [5.41, 5.74) is 0.0648. The molecule has 6 heteroatoms. The zero-order valence-corrected chi connectivity index (χ0v) is 22.2. The molecular weight excluding hydrogens is 444 g/mol. The summed E-state index contributed by atoms with van der Waals surface area (Å²) >= 11 is 0. The molecule has 14 atom stereocenters. The summed E-state index contributed by atoms with van der Waals surface area (Å²) in [6, 6.07) is 0. The molecule has 0 aromatic heterocycles. The first kappa shape index (κ1) is 24.6. The number of rotatable bonds is 1. The van der Waals surface area contributed by atoms with Crippen LogP contribution in [0.5, 0.6) is 0 Å². The summed E-state index contributed by atoms with van der Waals surface area (Å²) in [4.78, 5) is 11.6. The normalized spacial score (nSPS) is 59.3. The van der Waals surface area contributed by atoms with Gasteiger partial charge in [-0.1, -0.05) is 27.7 Å². The molecule has 6 fully saturated rings. The fraction of sp³-hybridized carbons (Fsp3) is 0.966. The molecule has 0 aromatic carbocycles. The van der Waals surface area contributed by atoms with Gasteiger partial charge in [-0.15, -0.1) is 0 Å². The lowest BCUT2D eigenvalue weighted by atomic mass is 9.43. The molecule has 2 N–H and O–H groups in total. The topological polar surface area (TPSA) is 85.2 Å². The first-order chi connectivity index (χ1) is 16.5. The number of hydrogen-bond donors (Lipinski definition) is 2. The van der Waals surface area contributed by atoms with E-state index in [1.165, 1.54) is 6.92 Å². The molecule has 2 heterocycles. The fourth-order valence-corrected chi connectivity index (χ4v) is 10.6. The van der Waals surface area contributed by atoms with Gasteiger partial charge in [0, 0.05) is 19.3 Å². The minimum Gasteiger partial charge on any atom is -0.463 e. The van der Waals surface area contributed by atoms with Crippen LogP contribution in [0.3, 0.4) is 0 Å². The van der Waals surface area contributed by atoms with Crippen molar-refractivity contribution in [3.8, 4) is 0 Å². The van der Waals surface area contributed by atoms with Gasteiger partial charge in [0.25, 0.3) is 0 Å². The zero-order valence-electron chi connectivity index (χ0n) is 22.2. The number of carbonyl (C=O) groups excluding carboxylic acids is 1. The predicted molar refractivity (Wildman–Crippen MR) is 130 cm³/mol. The van der Waals surface area contributed by atoms with Crippen molar-refractivity contribution < 1.29 is 29.2 Å². The summed E-state index contributed by atoms with van der Waals surface area (Å²) in [6.45, 7) is 11.6. The molecule has 0 amide bonds. The molecule has 198 valence electrons. The highest BCUT2D eigenvalue weighted by molar-refractivity contribution is 5.66. The Kier molecular flexibility index (Phi) is 5.74. The Labute approximate surface area is 210 Å². The van der Waals surface area contributed by atoms with E-state index in [0.717, 1.165) is 51.6 Å². The molecule has 0 bridgehead atoms. The third-order valence-electron chi connectivity index (χ3n) is 12.3. The Bertz CT molecular complexity index is 852. The molecule has 2 aliphatic heterocycles. The molecule has 6 nitrogen and oxygen atoms in total. The summed E-state index contributed by atoms with van der Waals surface area (Å²) < 4.78 is 18.8. The molecular formula is C29H46O6. The second-order valence-corrected chi connectivity index (χ2v) is 13.9. The van der Waals surface area contributed by atoms with Crippen LogP contribution >= 0.6 is 0 Å². The smallest absolute Gasteiger partial charge is 0.302 e. The largest absolute Gasteiger partial charge is 0.463 e. The number of fused-ring (bicyclic) bond motifs is 7. The highest BCUT2D eigenvalue weighted by Crippen LogP contribution is 2.71. The van der Waals surface area contributed by atoms with Crippen LogP contribution in [0.2, 0.25) is 0 Å². The van der Waals surface area contributed by atoms with E-state index in [0.29, 0.717) is 36.0 Å². The summed E-state index contributed by atoms with van der Waals surface area (Å²) in [5.74, 6) is 1.51. The van der Waals surface area contributed by atoms with Gasteiger partial charge in [0.15, 0.2) is 5.79 Å². The van der Waals surface area contributed by atoms with Gasteiger partial charge in [-0.25, -0.2) is 0 Å². The van der Waals surface area contributed by atoms with Gasteiger partial charge in [0.1, 0.15) is 6.10 Å². The van der Waals surface area contributed by atoms with Gasteiger partial charge in [-0.3, -0.25) is 4.79 Å². The van der Waals surface area contributed by atoms with Gasteiger partial charge < -0.3 is 24.4 Å². The van der Waals surface area contributed by atoms with Crippen LogP contribution in [0.25, 0.3) is 0 Å². The maximum absolute atomic E-state index is 11.6. The summed E-state index contributed by atoms with van der Waals surface area (Å²) in [7, 11) is 0. The fourth-order valence-electron chi connectivity index (χ4n) is 10.6. The average Bonchev–Trinajstić information content (AvgIpc) is 3.25. The molecule has 6 rings (SSSR count). The van der Waals surface area contributed by atoms with E-state index in [1.807, 2.05) is 0 Å². The van der Waals surface area contributed by atoms with Crippen molar-refractivity contribution >= 4 is 5.97 Å². The van der Waals surface area contributed by atoms with Crippen LogP contribution in [0.1, 0.15) is 86.0 Å². The van der Waals surface area contributed by atoms with Crippen molar-refractivity contribution in [3.05, 3.63) is 0 Å². The first-order valence-electron chi connectivity index (χ1n) is 14.4. The Morgan fingerprint density at radius 2 is 1.66 bits per heavy atom. The van der Waals surface area contributed by atoms with Gasteiger partial charge >= 0.3 is 5.97 Å². The minimum atomic E-state index is -0.768. The van der Waals surface area contributed by atoms with E-state index >= 15 is 0 Å². The molecule has 0 radical (unpaired) electrons. The number of aliphatic hydroxyl groups is 2. The van der Waals surface area contributed by atoms with Crippen LogP contribution in [-0.4, -0.2) is 53.0 Å². The van der Waals surface area contributed by atoms with Crippen LogP contribution in [0, 0.1) is 52.3 Å². The number of hydrogen-bond acceptors (Lipinski definition) is 6. The Morgan fingerprint density at radius 1 is 0.914 bits per heavy atom. The van der Waals surface area contributed by atoms with Crippen molar-refractivity contribution in [2.24, 2.45) is 52.3 Å². The molecule has 4 saturated carbocycles. The van der Waals surface area contributed by atoms with Gasteiger partial charge in [-0.05, 0) is 91.3 Å². The number of ether oxygens (including phenoxy) is 3. The molecule has 2 saturated heterocycles. The molecule has 2 unspecified atom stereocenters. The van der Waals surface area contributed by atoms with Crippen molar-refractivity contribution in [2.75, 3.05) is 6.61 Å². The third-order valence-corrected chi connectivity index (χ3v) is 12.3. The maximum Gasteiger partial charge on any atom is 0.302 e. The zero-order chi connectivity index (χ0) is 24.9. The average molecular weight is 491 g/mol. The number of esters is 1. The lowest BCUT2D eigenvalue weighted by Crippen LogP contribution is -2.64. The third kappa shape index (κ3) is 3.38. The van der Waals surface area contributed by atoms with E-state index in [9.17, 15) is 15.0 Å². The second kappa shape index (κ2) is 8.15. The van der Waals surface area contributed by atoms with Gasteiger partial charge in [-0.2, -0.15) is 0 Å². The van der Waals surface area contributed by atoms with Crippen molar-refractivity contribution in [1.82, 2.24) is 0 Å². The van der Waals surface area contributed by atoms with E-state index in [1.54, 1.807) is 0 Å². The van der Waals surface area contributed by atoms with Crippen molar-refractivity contribution in [2.45, 2.75) is 116 Å². The Morgan fingerprint density at radius 3 is 2.34 bits per heavy atom. The standard InChI is InChI=1S/C29H46O6/c1-15-6-11-29(33-14-15)16(2)24-22(35-29)13-20-23-19(8-10-28(20,24)5)27(4)9-7-18(34-17(3)30)12-21(27)25(31)26(23)32/h15-16,18-26,31-32H,6-14H2,1-5H3/t15?,16-,18-,19-,20-,21+,22-,23?,24-,25+,26+,27+,28-,29+/m0/s1. The maximum atomic E-state index is 11.6. The minimum absolute atomic E-state index is 0.0295.